The van der Waals surface area contributed by atoms with E-state index in [-0.39, 0.29) is 12.0 Å². The first-order valence-corrected chi connectivity index (χ1v) is 7.35. The van der Waals surface area contributed by atoms with Crippen molar-refractivity contribution in [3.63, 3.8) is 0 Å². The monoisotopic (exact) mass is 308 g/mol. The Bertz CT molecular complexity index is 619. The van der Waals surface area contributed by atoms with Gasteiger partial charge in [-0.15, -0.1) is 0 Å². The minimum atomic E-state index is -0.214. The molecule has 21 heavy (non-hydrogen) atoms. The van der Waals surface area contributed by atoms with Gasteiger partial charge in [-0.1, -0.05) is 23.7 Å². The third kappa shape index (κ3) is 3.23. The van der Waals surface area contributed by atoms with Crippen LogP contribution in [0.1, 0.15) is 19.2 Å². The molecule has 0 bridgehead atoms. The number of aliphatic hydroxyl groups is 1. The highest BCUT2D eigenvalue weighted by Crippen LogP contribution is 2.24. The highest BCUT2D eigenvalue weighted by molar-refractivity contribution is 6.31. The lowest BCUT2D eigenvalue weighted by atomic mass is 9.97. The Hall–Kier alpha value is -1.50. The molecule has 0 aliphatic carbocycles. The number of likely N-dealkylation sites (tertiary alicyclic amines) is 1. The second-order valence-corrected chi connectivity index (χ2v) is 5.78. The van der Waals surface area contributed by atoms with Gasteiger partial charge < -0.3 is 9.63 Å². The van der Waals surface area contributed by atoms with E-state index in [1.165, 1.54) is 0 Å². The number of rotatable bonds is 3. The first-order valence-electron chi connectivity index (χ1n) is 6.97. The molecule has 0 amide bonds. The van der Waals surface area contributed by atoms with Gasteiger partial charge in [-0.05, 0) is 24.5 Å². The normalized spacial score (nSPS) is 23.4. The van der Waals surface area contributed by atoms with E-state index in [9.17, 15) is 5.11 Å². The number of pyridine rings is 1. The summed E-state index contributed by atoms with van der Waals surface area (Å²) in [6.45, 7) is 4.29. The summed E-state index contributed by atoms with van der Waals surface area (Å²) >= 11 is 6.02. The number of nitrogens with zero attached hydrogens (tertiary/aromatic N) is 4. The van der Waals surface area contributed by atoms with Gasteiger partial charge in [0.2, 0.25) is 11.7 Å². The third-order valence-electron chi connectivity index (χ3n) is 3.77. The molecule has 0 spiro atoms. The average molecular weight is 309 g/mol. The fourth-order valence-electron chi connectivity index (χ4n) is 2.54. The lowest BCUT2D eigenvalue weighted by molar-refractivity contribution is 0.0282. The minimum Gasteiger partial charge on any atom is -0.393 e. The van der Waals surface area contributed by atoms with Gasteiger partial charge in [0, 0.05) is 19.3 Å². The van der Waals surface area contributed by atoms with E-state index in [4.69, 9.17) is 16.1 Å². The van der Waals surface area contributed by atoms with Crippen molar-refractivity contribution in [3.05, 3.63) is 29.4 Å². The molecule has 2 atom stereocenters. The first kappa shape index (κ1) is 14.4. The second-order valence-electron chi connectivity index (χ2n) is 5.42. The number of aliphatic hydroxyl groups excluding tert-OH is 1. The van der Waals surface area contributed by atoms with Crippen LogP contribution >= 0.6 is 11.6 Å². The molecule has 2 aromatic heterocycles. The van der Waals surface area contributed by atoms with Gasteiger partial charge >= 0.3 is 0 Å². The van der Waals surface area contributed by atoms with Gasteiger partial charge in [0.25, 0.3) is 0 Å². The predicted octanol–water partition coefficient (Wildman–Crippen LogP) is 1.99. The van der Waals surface area contributed by atoms with Crippen LogP contribution in [0.4, 0.5) is 0 Å². The number of halogens is 1. The van der Waals surface area contributed by atoms with Crippen molar-refractivity contribution in [1.29, 1.82) is 0 Å². The van der Waals surface area contributed by atoms with Crippen molar-refractivity contribution in [1.82, 2.24) is 20.0 Å². The fourth-order valence-corrected chi connectivity index (χ4v) is 2.74. The lowest BCUT2D eigenvalue weighted by Gasteiger charge is -2.33. The SMILES string of the molecule is CC1CN(Cc2nc(-c3cccnc3Cl)no2)CCC1O. The summed E-state index contributed by atoms with van der Waals surface area (Å²) in [7, 11) is 0. The molecular formula is C14H17ClN4O2. The van der Waals surface area contributed by atoms with Crippen LogP contribution in [0.5, 0.6) is 0 Å². The highest BCUT2D eigenvalue weighted by atomic mass is 35.5. The molecule has 2 unspecified atom stereocenters. The van der Waals surface area contributed by atoms with Gasteiger partial charge in [0.1, 0.15) is 5.15 Å². The molecule has 3 rings (SSSR count). The zero-order chi connectivity index (χ0) is 14.8. The molecule has 1 saturated heterocycles. The van der Waals surface area contributed by atoms with Crippen molar-refractivity contribution < 1.29 is 9.63 Å². The van der Waals surface area contributed by atoms with Crippen LogP contribution in [0.3, 0.4) is 0 Å². The van der Waals surface area contributed by atoms with E-state index < -0.39 is 0 Å². The number of aromatic nitrogens is 3. The van der Waals surface area contributed by atoms with Crippen molar-refractivity contribution in [2.24, 2.45) is 5.92 Å². The van der Waals surface area contributed by atoms with E-state index in [1.54, 1.807) is 12.3 Å². The predicted molar refractivity (Wildman–Crippen MR) is 77.6 cm³/mol. The zero-order valence-electron chi connectivity index (χ0n) is 11.7. The van der Waals surface area contributed by atoms with Crippen molar-refractivity contribution in [2.45, 2.75) is 26.0 Å². The topological polar surface area (TPSA) is 75.3 Å². The number of hydrogen-bond donors (Lipinski definition) is 1. The lowest BCUT2D eigenvalue weighted by Crippen LogP contribution is -2.41. The molecule has 1 aliphatic heterocycles. The van der Waals surface area contributed by atoms with Gasteiger partial charge in [-0.25, -0.2) is 4.98 Å². The van der Waals surface area contributed by atoms with Crippen LogP contribution in [0.15, 0.2) is 22.9 Å². The molecule has 7 heteroatoms. The van der Waals surface area contributed by atoms with Crippen LogP contribution in [-0.4, -0.2) is 44.3 Å². The molecule has 1 aliphatic rings. The van der Waals surface area contributed by atoms with Crippen LogP contribution in [0.25, 0.3) is 11.4 Å². The van der Waals surface area contributed by atoms with Gasteiger partial charge in [0.15, 0.2) is 0 Å². The Balaban J connectivity index is 1.70. The summed E-state index contributed by atoms with van der Waals surface area (Å²) in [5.74, 6) is 1.26. The molecule has 0 saturated carbocycles. The van der Waals surface area contributed by atoms with Gasteiger partial charge in [0.05, 0.1) is 18.2 Å². The summed E-state index contributed by atoms with van der Waals surface area (Å²) < 4.78 is 5.29. The summed E-state index contributed by atoms with van der Waals surface area (Å²) in [6, 6.07) is 3.59. The maximum Gasteiger partial charge on any atom is 0.241 e. The smallest absolute Gasteiger partial charge is 0.241 e. The number of hydrogen-bond acceptors (Lipinski definition) is 6. The third-order valence-corrected chi connectivity index (χ3v) is 4.07. The first-order chi connectivity index (χ1) is 10.1. The summed E-state index contributed by atoms with van der Waals surface area (Å²) in [6.07, 6.45) is 2.18. The largest absolute Gasteiger partial charge is 0.393 e. The molecule has 1 fully saturated rings. The highest BCUT2D eigenvalue weighted by Gasteiger charge is 2.25. The Morgan fingerprint density at radius 2 is 2.38 bits per heavy atom. The van der Waals surface area contributed by atoms with Crippen molar-refractivity contribution in [2.75, 3.05) is 13.1 Å². The van der Waals surface area contributed by atoms with E-state index in [1.807, 2.05) is 13.0 Å². The van der Waals surface area contributed by atoms with Crippen LogP contribution in [-0.2, 0) is 6.54 Å². The van der Waals surface area contributed by atoms with E-state index in [2.05, 4.69) is 20.0 Å². The van der Waals surface area contributed by atoms with E-state index in [0.29, 0.717) is 29.0 Å². The Morgan fingerprint density at radius 1 is 1.52 bits per heavy atom. The molecule has 112 valence electrons. The van der Waals surface area contributed by atoms with E-state index in [0.717, 1.165) is 19.5 Å². The quantitative estimate of drug-likeness (QED) is 0.874. The zero-order valence-corrected chi connectivity index (χ0v) is 12.5. The van der Waals surface area contributed by atoms with Gasteiger partial charge in [-0.3, -0.25) is 4.90 Å². The van der Waals surface area contributed by atoms with E-state index >= 15 is 0 Å². The average Bonchev–Trinajstić information content (AvgIpc) is 2.92. The Labute approximate surface area is 127 Å². The molecule has 2 aromatic rings. The Kier molecular flexibility index (Phi) is 4.19. The van der Waals surface area contributed by atoms with Crippen LogP contribution in [0.2, 0.25) is 5.15 Å². The second kappa shape index (κ2) is 6.09. The minimum absolute atomic E-state index is 0.214. The molecule has 6 nitrogen and oxygen atoms in total. The molecular weight excluding hydrogens is 292 g/mol. The van der Waals surface area contributed by atoms with Crippen molar-refractivity contribution >= 4 is 11.6 Å². The standard InChI is InChI=1S/C14H17ClN4O2/c1-9-7-19(6-4-11(9)20)8-12-17-14(18-21-12)10-3-2-5-16-13(10)15/h2-3,5,9,11,20H,4,6-8H2,1H3. The Morgan fingerprint density at radius 3 is 3.14 bits per heavy atom. The fraction of sp³-hybridized carbons (Fsp3) is 0.500. The maximum atomic E-state index is 9.75. The maximum absolute atomic E-state index is 9.75. The van der Waals surface area contributed by atoms with Crippen LogP contribution < -0.4 is 0 Å². The van der Waals surface area contributed by atoms with Gasteiger partial charge in [-0.2, -0.15) is 4.98 Å². The van der Waals surface area contributed by atoms with Crippen molar-refractivity contribution in [3.8, 4) is 11.4 Å². The molecule has 3 heterocycles. The summed E-state index contributed by atoms with van der Waals surface area (Å²) in [4.78, 5) is 10.6. The number of piperidine rings is 1. The molecule has 0 aromatic carbocycles. The van der Waals surface area contributed by atoms with Crippen LogP contribution in [0, 0.1) is 5.92 Å². The summed E-state index contributed by atoms with van der Waals surface area (Å²) in [5.41, 5.74) is 0.664. The molecule has 0 radical (unpaired) electrons. The molecule has 1 N–H and O–H groups in total. The summed E-state index contributed by atoms with van der Waals surface area (Å²) in [5, 5.41) is 14.1.